The van der Waals surface area contributed by atoms with Crippen LogP contribution >= 0.6 is 12.4 Å². The summed E-state index contributed by atoms with van der Waals surface area (Å²) in [5.41, 5.74) is 2.76. The molecule has 5 amide bonds. The number of ether oxygens (including phenoxy) is 4. The first-order valence-electron chi connectivity index (χ1n) is 26.5. The van der Waals surface area contributed by atoms with Gasteiger partial charge in [-0.2, -0.15) is 0 Å². The van der Waals surface area contributed by atoms with Crippen LogP contribution in [-0.2, 0) is 47.7 Å². The number of methoxy groups -OCH3 is 2. The van der Waals surface area contributed by atoms with Crippen molar-refractivity contribution in [1.82, 2.24) is 25.8 Å². The summed E-state index contributed by atoms with van der Waals surface area (Å²) in [6.07, 6.45) is 1.46. The number of carbonyl (C=O) groups excluding carboxylic acids is 7. The number of rotatable bonds is 15. The van der Waals surface area contributed by atoms with Crippen LogP contribution in [0.3, 0.4) is 0 Å². The van der Waals surface area contributed by atoms with Gasteiger partial charge in [0, 0.05) is 25.0 Å². The number of carboxylic acid groups (broad SMARTS) is 1. The van der Waals surface area contributed by atoms with Gasteiger partial charge in [0.25, 0.3) is 0 Å². The van der Waals surface area contributed by atoms with E-state index in [1.54, 1.807) is 46.4 Å². The summed E-state index contributed by atoms with van der Waals surface area (Å²) in [6, 6.07) is -4.66. The highest BCUT2D eigenvalue weighted by atomic mass is 35.5. The number of fused-ring (bicyclic) bond motifs is 2. The van der Waals surface area contributed by atoms with E-state index in [2.05, 4.69) is 34.5 Å². The third-order valence-electron chi connectivity index (χ3n) is 15.6. The zero-order valence-electron chi connectivity index (χ0n) is 48.4. The van der Waals surface area contributed by atoms with Crippen LogP contribution in [-0.4, -0.2) is 160 Å². The standard InChI is InChI=1S/C27H45N3O7.C19H32N2O5.C8H15NO3.3CH4.ClH/c1-25(2,3)20(29-24(35)37-26(4,5)6)22(33)30-13-15-17(27(15,7)8)18(30)21(32)28-16(12-14-10-11-14)19(31)23(34)36-9;1-17(2,3)13(20-16(25)26-18(4,5)6)14(22)21-9-10-11(19(10,7)8)12(21)15(23)24;1-12-8(11)7(10)6(9)4-5-2-3-5;;;;/h14-20,31H,10-13H2,1-9H3,(H,28,32)(H,29,35);10-13H,9H2,1-8H3,(H,20,25)(H,23,24);5-7,10H,2-4,9H2,1H3;3*1H4;1H/t15-,16?,17-,18-,19?,20+;10-,11-,12-,13+;;;;;/m00...../s1. The zero-order valence-corrected chi connectivity index (χ0v) is 49.2. The van der Waals surface area contributed by atoms with Gasteiger partial charge in [0.15, 0.2) is 12.2 Å². The molecule has 6 rings (SSSR count). The second-order valence-electron chi connectivity index (χ2n) is 27.1. The Bertz CT molecular complexity index is 2120. The highest BCUT2D eigenvalue weighted by Crippen LogP contribution is 2.66. The molecule has 2 aliphatic heterocycles. The molecule has 4 saturated carbocycles. The van der Waals surface area contributed by atoms with E-state index in [1.807, 2.05) is 55.4 Å². The third-order valence-corrected chi connectivity index (χ3v) is 15.6. The van der Waals surface area contributed by atoms with Crippen LogP contribution in [0.1, 0.15) is 172 Å². The number of carbonyl (C=O) groups is 8. The van der Waals surface area contributed by atoms with Gasteiger partial charge in [-0.05, 0) is 106 Å². The minimum absolute atomic E-state index is 0. The summed E-state index contributed by atoms with van der Waals surface area (Å²) < 4.78 is 19.7. The average Bonchev–Trinajstić information content (AvgIpc) is 4.25. The number of aliphatic hydroxyl groups excluding tert-OH is 2. The van der Waals surface area contributed by atoms with Crippen molar-refractivity contribution in [2.75, 3.05) is 27.3 Å². The maximum atomic E-state index is 13.9. The Kier molecular flexibility index (Phi) is 26.0. The smallest absolute Gasteiger partial charge is 0.408 e. The Hall–Kier alpha value is -4.47. The van der Waals surface area contributed by atoms with Crippen molar-refractivity contribution in [1.29, 1.82) is 0 Å². The zero-order chi connectivity index (χ0) is 57.5. The number of nitrogens with two attached hydrogens (primary N) is 1. The average molecular weight is 1150 g/mol. The fourth-order valence-electron chi connectivity index (χ4n) is 10.8. The van der Waals surface area contributed by atoms with E-state index in [-0.39, 0.29) is 81.0 Å². The van der Waals surface area contributed by atoms with Gasteiger partial charge in [-0.3, -0.25) is 14.4 Å². The van der Waals surface area contributed by atoms with Gasteiger partial charge in [-0.25, -0.2) is 24.0 Å². The quantitative estimate of drug-likeness (QED) is 0.0663. The predicted molar refractivity (Wildman–Crippen MR) is 303 cm³/mol. The number of nitrogens with one attached hydrogen (secondary N) is 3. The summed E-state index contributed by atoms with van der Waals surface area (Å²) in [5, 5.41) is 37.8. The first-order chi connectivity index (χ1) is 34.1. The summed E-state index contributed by atoms with van der Waals surface area (Å²) in [6.45, 7) is 30.6. The van der Waals surface area contributed by atoms with E-state index in [0.717, 1.165) is 19.3 Å². The molecule has 6 fully saturated rings. The number of halogens is 1. The lowest BCUT2D eigenvalue weighted by Crippen LogP contribution is -2.61. The van der Waals surface area contributed by atoms with Gasteiger partial charge in [-0.1, -0.05) is 117 Å². The second-order valence-corrected chi connectivity index (χ2v) is 27.1. The SMILES string of the molecule is C.C.C.CC(C)(C)OC(=O)N[C@H](C(=O)N1C[C@H]2[C@@H]([C@H]1C(=O)O)C2(C)C)C(C)(C)C.COC(=O)C(O)C(CC1CC1)NC(=O)[C@@H]1[C@@H]2[C@H](CN1C(=O)[C@@H](NC(=O)OC(C)(C)C)C(C)(C)C)C2(C)C.COC(=O)C(O)C(N)CC1CC1.Cl. The number of nitrogens with zero attached hydrogens (tertiary/aromatic N) is 2. The molecular weight excluding hydrogens is 1040 g/mol. The van der Waals surface area contributed by atoms with Crippen LogP contribution in [0.15, 0.2) is 0 Å². The van der Waals surface area contributed by atoms with Crippen molar-refractivity contribution in [3.63, 3.8) is 0 Å². The van der Waals surface area contributed by atoms with Gasteiger partial charge in [0.05, 0.1) is 20.3 Å². The van der Waals surface area contributed by atoms with E-state index in [9.17, 15) is 53.7 Å². The van der Waals surface area contributed by atoms with E-state index >= 15 is 0 Å². The van der Waals surface area contributed by atoms with Gasteiger partial charge in [-0.15, -0.1) is 12.4 Å². The van der Waals surface area contributed by atoms with Gasteiger partial charge < -0.3 is 65.8 Å². The van der Waals surface area contributed by atoms with Crippen LogP contribution in [0.25, 0.3) is 0 Å². The molecular formula is C57H105ClN6O15. The first kappa shape index (κ1) is 74.5. The normalized spacial score (nSPS) is 25.1. The number of hydrogen-bond donors (Lipinski definition) is 7. The van der Waals surface area contributed by atoms with Crippen molar-refractivity contribution in [3.8, 4) is 0 Å². The maximum Gasteiger partial charge on any atom is 0.408 e. The van der Waals surface area contributed by atoms with Crippen LogP contribution in [0.5, 0.6) is 0 Å². The molecule has 4 aliphatic carbocycles. The molecule has 0 aromatic carbocycles. The van der Waals surface area contributed by atoms with Crippen molar-refractivity contribution in [3.05, 3.63) is 0 Å². The monoisotopic (exact) mass is 1150 g/mol. The predicted octanol–water partition coefficient (Wildman–Crippen LogP) is 6.70. The highest BCUT2D eigenvalue weighted by molar-refractivity contribution is 5.94. The fourth-order valence-corrected chi connectivity index (χ4v) is 10.8. The highest BCUT2D eigenvalue weighted by Gasteiger charge is 2.71. The molecule has 2 heterocycles. The van der Waals surface area contributed by atoms with Crippen LogP contribution < -0.4 is 21.7 Å². The molecule has 0 aromatic rings. The molecule has 22 heteroatoms. The number of piperidine rings is 2. The van der Waals surface area contributed by atoms with Gasteiger partial charge in [0.1, 0.15) is 35.4 Å². The lowest BCUT2D eigenvalue weighted by atomic mass is 9.85. The Balaban J connectivity index is 0.00000126. The van der Waals surface area contributed by atoms with Gasteiger partial charge in [0.2, 0.25) is 17.7 Å². The molecule has 79 heavy (non-hydrogen) atoms. The number of alkyl carbamates (subject to hydrolysis) is 2. The second kappa shape index (κ2) is 27.5. The molecule has 2 saturated heterocycles. The Morgan fingerprint density at radius 3 is 1.25 bits per heavy atom. The van der Waals surface area contributed by atoms with Crippen molar-refractivity contribution < 1.29 is 72.6 Å². The molecule has 460 valence electrons. The summed E-state index contributed by atoms with van der Waals surface area (Å²) >= 11 is 0. The summed E-state index contributed by atoms with van der Waals surface area (Å²) in [4.78, 5) is 103. The third kappa shape index (κ3) is 19.3. The van der Waals surface area contributed by atoms with Gasteiger partial charge >= 0.3 is 30.1 Å². The molecule has 4 unspecified atom stereocenters. The molecule has 12 atom stereocenters. The van der Waals surface area contributed by atoms with E-state index < -0.39 is 106 Å². The molecule has 0 spiro atoms. The molecule has 6 aliphatic rings. The van der Waals surface area contributed by atoms with Crippen molar-refractivity contribution in [2.24, 2.45) is 62.9 Å². The number of hydrogen-bond acceptors (Lipinski definition) is 15. The Labute approximate surface area is 478 Å². The minimum Gasteiger partial charge on any atom is -0.480 e. The number of esters is 2. The maximum absolute atomic E-state index is 13.9. The van der Waals surface area contributed by atoms with Crippen LogP contribution in [0.2, 0.25) is 0 Å². The number of aliphatic carboxylic acids is 1. The number of amides is 5. The number of carboxylic acids is 1. The molecule has 8 N–H and O–H groups in total. The van der Waals surface area contributed by atoms with E-state index in [0.29, 0.717) is 31.3 Å². The summed E-state index contributed by atoms with van der Waals surface area (Å²) in [7, 11) is 2.44. The minimum atomic E-state index is -1.49. The number of likely N-dealkylation sites (tertiary alicyclic amines) is 2. The van der Waals surface area contributed by atoms with E-state index in [1.165, 1.54) is 32.0 Å². The Morgan fingerprint density at radius 1 is 0.582 bits per heavy atom. The lowest BCUT2D eigenvalue weighted by molar-refractivity contribution is -0.153. The number of aliphatic hydroxyl groups is 2. The molecule has 21 nitrogen and oxygen atoms in total. The molecule has 0 radical (unpaired) electrons. The van der Waals surface area contributed by atoms with Crippen molar-refractivity contribution in [2.45, 2.75) is 231 Å². The van der Waals surface area contributed by atoms with Crippen LogP contribution in [0.4, 0.5) is 9.59 Å². The van der Waals surface area contributed by atoms with E-state index in [4.69, 9.17) is 19.9 Å². The molecule has 0 bridgehead atoms. The largest absolute Gasteiger partial charge is 0.480 e. The molecule has 0 aromatic heterocycles. The summed E-state index contributed by atoms with van der Waals surface area (Å²) in [5.74, 6) is -2.36. The first-order valence-corrected chi connectivity index (χ1v) is 26.5. The lowest BCUT2D eigenvalue weighted by Gasteiger charge is -2.38. The Morgan fingerprint density at radius 2 is 0.924 bits per heavy atom. The van der Waals surface area contributed by atoms with Crippen molar-refractivity contribution >= 4 is 60.2 Å². The van der Waals surface area contributed by atoms with Crippen LogP contribution in [0, 0.1) is 57.2 Å². The fraction of sp³-hybridized carbons (Fsp3) is 0.860. The topological polar surface area (TPSA) is 303 Å².